The van der Waals surface area contributed by atoms with Crippen molar-refractivity contribution in [1.82, 2.24) is 5.43 Å². The van der Waals surface area contributed by atoms with Crippen molar-refractivity contribution in [2.75, 3.05) is 0 Å². The van der Waals surface area contributed by atoms with Gasteiger partial charge in [0, 0.05) is 14.5 Å². The van der Waals surface area contributed by atoms with Crippen LogP contribution in [0.5, 0.6) is 0 Å². The molecular formula is C14H10Br2N2O. The summed E-state index contributed by atoms with van der Waals surface area (Å²) >= 11 is 6.69. The van der Waals surface area contributed by atoms with E-state index in [1.165, 1.54) is 0 Å². The number of benzene rings is 2. The van der Waals surface area contributed by atoms with Crippen LogP contribution in [0.25, 0.3) is 0 Å². The number of rotatable bonds is 3. The van der Waals surface area contributed by atoms with Gasteiger partial charge in [-0.1, -0.05) is 50.1 Å². The van der Waals surface area contributed by atoms with Crippen molar-refractivity contribution in [3.63, 3.8) is 0 Å². The zero-order chi connectivity index (χ0) is 13.7. The van der Waals surface area contributed by atoms with Crippen molar-refractivity contribution in [3.8, 4) is 0 Å². The molecule has 0 saturated heterocycles. The largest absolute Gasteiger partial charge is 0.271 e. The van der Waals surface area contributed by atoms with E-state index < -0.39 is 0 Å². The van der Waals surface area contributed by atoms with Crippen LogP contribution in [-0.4, -0.2) is 12.1 Å². The third-order valence-corrected chi connectivity index (χ3v) is 3.30. The fourth-order valence-electron chi connectivity index (χ4n) is 1.45. The molecule has 0 fully saturated rings. The van der Waals surface area contributed by atoms with Crippen molar-refractivity contribution >= 4 is 44.0 Å². The number of carbonyl (C=O) groups excluding carboxylic acids is 1. The maximum absolute atomic E-state index is 11.8. The van der Waals surface area contributed by atoms with Gasteiger partial charge in [-0.2, -0.15) is 5.10 Å². The van der Waals surface area contributed by atoms with Gasteiger partial charge < -0.3 is 0 Å². The number of nitrogens with one attached hydrogen (secondary N) is 1. The molecule has 5 heteroatoms. The summed E-state index contributed by atoms with van der Waals surface area (Å²) in [4.78, 5) is 11.8. The topological polar surface area (TPSA) is 41.5 Å². The van der Waals surface area contributed by atoms with Crippen LogP contribution in [0.1, 0.15) is 15.9 Å². The highest BCUT2D eigenvalue weighted by molar-refractivity contribution is 9.10. The van der Waals surface area contributed by atoms with Gasteiger partial charge in [0.05, 0.1) is 6.21 Å². The number of hydrogen-bond donors (Lipinski definition) is 1. The van der Waals surface area contributed by atoms with Crippen LogP contribution in [0, 0.1) is 0 Å². The lowest BCUT2D eigenvalue weighted by molar-refractivity contribution is 0.0955. The van der Waals surface area contributed by atoms with Gasteiger partial charge in [0.15, 0.2) is 0 Å². The van der Waals surface area contributed by atoms with Crippen LogP contribution in [0.2, 0.25) is 0 Å². The highest BCUT2D eigenvalue weighted by Gasteiger charge is 2.03. The summed E-state index contributed by atoms with van der Waals surface area (Å²) < 4.78 is 1.82. The molecule has 0 bridgehead atoms. The molecule has 19 heavy (non-hydrogen) atoms. The Bertz CT molecular complexity index is 626. The van der Waals surface area contributed by atoms with E-state index in [1.807, 2.05) is 30.3 Å². The number of halogens is 2. The Morgan fingerprint density at radius 3 is 2.42 bits per heavy atom. The van der Waals surface area contributed by atoms with Crippen LogP contribution in [0.4, 0.5) is 0 Å². The molecule has 0 aliphatic rings. The quantitative estimate of drug-likeness (QED) is 0.634. The Labute approximate surface area is 128 Å². The van der Waals surface area contributed by atoms with Crippen molar-refractivity contribution in [3.05, 3.63) is 68.6 Å². The fourth-order valence-corrected chi connectivity index (χ4v) is 2.26. The predicted octanol–water partition coefficient (Wildman–Crippen LogP) is 3.98. The second-order valence-electron chi connectivity index (χ2n) is 3.76. The zero-order valence-electron chi connectivity index (χ0n) is 9.81. The molecular weight excluding hydrogens is 372 g/mol. The first-order chi connectivity index (χ1) is 9.15. The third kappa shape index (κ3) is 4.29. The molecule has 1 amide bonds. The molecule has 2 rings (SSSR count). The number of nitrogens with zero attached hydrogens (tertiary/aromatic N) is 1. The van der Waals surface area contributed by atoms with Gasteiger partial charge in [0.1, 0.15) is 0 Å². The summed E-state index contributed by atoms with van der Waals surface area (Å²) in [7, 11) is 0. The Morgan fingerprint density at radius 2 is 1.74 bits per heavy atom. The maximum Gasteiger partial charge on any atom is 0.271 e. The molecule has 96 valence electrons. The van der Waals surface area contributed by atoms with E-state index in [9.17, 15) is 4.79 Å². The van der Waals surface area contributed by atoms with E-state index in [0.717, 1.165) is 14.5 Å². The summed E-state index contributed by atoms with van der Waals surface area (Å²) in [5.74, 6) is -0.243. The van der Waals surface area contributed by atoms with E-state index in [-0.39, 0.29) is 5.91 Å². The fraction of sp³-hybridized carbons (Fsp3) is 0. The minimum Gasteiger partial charge on any atom is -0.267 e. The molecule has 3 nitrogen and oxygen atoms in total. The highest BCUT2D eigenvalue weighted by atomic mass is 79.9. The Balaban J connectivity index is 2.01. The molecule has 2 aromatic rings. The normalized spacial score (nSPS) is 10.6. The summed E-state index contributed by atoms with van der Waals surface area (Å²) in [6.07, 6.45) is 1.60. The Kier molecular flexibility index (Phi) is 4.87. The average molecular weight is 382 g/mol. The van der Waals surface area contributed by atoms with Gasteiger partial charge in [-0.15, -0.1) is 0 Å². The highest BCUT2D eigenvalue weighted by Crippen LogP contribution is 2.11. The van der Waals surface area contributed by atoms with Crippen LogP contribution >= 0.6 is 31.9 Å². The van der Waals surface area contributed by atoms with E-state index in [4.69, 9.17) is 0 Å². The first-order valence-electron chi connectivity index (χ1n) is 5.50. The summed E-state index contributed by atoms with van der Waals surface area (Å²) in [6.45, 7) is 0. The molecule has 0 atom stereocenters. The van der Waals surface area contributed by atoms with E-state index in [1.54, 1.807) is 24.4 Å². The van der Waals surface area contributed by atoms with Crippen LogP contribution in [-0.2, 0) is 0 Å². The first kappa shape index (κ1) is 14.0. The second kappa shape index (κ2) is 6.63. The first-order valence-corrected chi connectivity index (χ1v) is 7.08. The molecule has 0 heterocycles. The van der Waals surface area contributed by atoms with E-state index in [2.05, 4.69) is 42.4 Å². The summed E-state index contributed by atoms with van der Waals surface area (Å²) in [5.41, 5.74) is 3.95. The zero-order valence-corrected chi connectivity index (χ0v) is 13.0. The smallest absolute Gasteiger partial charge is 0.267 e. The van der Waals surface area contributed by atoms with Crippen molar-refractivity contribution in [2.45, 2.75) is 0 Å². The number of carbonyl (C=O) groups is 1. The standard InChI is InChI=1S/C14H10Br2N2O/c15-12-5-1-3-10(7-12)9-17-18-14(19)11-4-2-6-13(16)8-11/h1-9H,(H,18,19). The second-order valence-corrected chi connectivity index (χ2v) is 5.60. The molecule has 0 aliphatic heterocycles. The van der Waals surface area contributed by atoms with Gasteiger partial charge in [0.2, 0.25) is 0 Å². The summed E-state index contributed by atoms with van der Waals surface area (Å²) in [5, 5.41) is 3.93. The van der Waals surface area contributed by atoms with Crippen molar-refractivity contribution < 1.29 is 4.79 Å². The van der Waals surface area contributed by atoms with Gasteiger partial charge in [0.25, 0.3) is 5.91 Å². The number of hydrazone groups is 1. The van der Waals surface area contributed by atoms with Crippen LogP contribution < -0.4 is 5.43 Å². The molecule has 0 aliphatic carbocycles. The lowest BCUT2D eigenvalue weighted by atomic mass is 10.2. The molecule has 2 aromatic carbocycles. The number of hydrogen-bond acceptors (Lipinski definition) is 2. The molecule has 0 spiro atoms. The number of amides is 1. The average Bonchev–Trinajstić information content (AvgIpc) is 2.38. The molecule has 0 aromatic heterocycles. The Hall–Kier alpha value is -1.46. The predicted molar refractivity (Wildman–Crippen MR) is 83.3 cm³/mol. The molecule has 0 unspecified atom stereocenters. The molecule has 0 radical (unpaired) electrons. The van der Waals surface area contributed by atoms with Crippen molar-refractivity contribution in [2.24, 2.45) is 5.10 Å². The van der Waals surface area contributed by atoms with Crippen molar-refractivity contribution in [1.29, 1.82) is 0 Å². The minimum atomic E-state index is -0.243. The SMILES string of the molecule is O=C(NN=Cc1cccc(Br)c1)c1cccc(Br)c1. The lowest BCUT2D eigenvalue weighted by Crippen LogP contribution is -2.17. The van der Waals surface area contributed by atoms with Crippen LogP contribution in [0.15, 0.2) is 62.6 Å². The van der Waals surface area contributed by atoms with Gasteiger partial charge in [-0.3, -0.25) is 4.79 Å². The van der Waals surface area contributed by atoms with Gasteiger partial charge in [-0.05, 0) is 35.9 Å². The Morgan fingerprint density at radius 1 is 1.05 bits per heavy atom. The van der Waals surface area contributed by atoms with Gasteiger partial charge >= 0.3 is 0 Å². The van der Waals surface area contributed by atoms with E-state index >= 15 is 0 Å². The minimum absolute atomic E-state index is 0.243. The lowest BCUT2D eigenvalue weighted by Gasteiger charge is -2.00. The van der Waals surface area contributed by atoms with Gasteiger partial charge in [-0.25, -0.2) is 5.43 Å². The third-order valence-electron chi connectivity index (χ3n) is 2.32. The van der Waals surface area contributed by atoms with Crippen LogP contribution in [0.3, 0.4) is 0 Å². The van der Waals surface area contributed by atoms with E-state index in [0.29, 0.717) is 5.56 Å². The monoisotopic (exact) mass is 380 g/mol. The maximum atomic E-state index is 11.8. The summed E-state index contributed by atoms with van der Waals surface area (Å²) in [6, 6.07) is 14.8. The molecule has 1 N–H and O–H groups in total. The molecule has 0 saturated carbocycles.